The number of hydrogen-bond donors (Lipinski definition) is 0. The molecule has 0 saturated carbocycles. The Kier molecular flexibility index (Phi) is 3.46. The molecule has 0 spiro atoms. The normalized spacial score (nSPS) is 24.6. The summed E-state index contributed by atoms with van der Waals surface area (Å²) in [6.45, 7) is 4.65. The van der Waals surface area contributed by atoms with E-state index in [9.17, 15) is 4.79 Å². The van der Waals surface area contributed by atoms with E-state index < -0.39 is 0 Å². The van der Waals surface area contributed by atoms with E-state index in [-0.39, 0.29) is 6.09 Å². The van der Waals surface area contributed by atoms with Gasteiger partial charge in [-0.05, 0) is 45.3 Å². The molecule has 2 aliphatic rings. The summed E-state index contributed by atoms with van der Waals surface area (Å²) < 4.78 is 4.90. The Bertz CT molecular complexity index is 225. The van der Waals surface area contributed by atoms with E-state index in [4.69, 9.17) is 4.74 Å². The molecule has 0 bridgehead atoms. The molecule has 0 unspecified atom stereocenters. The van der Waals surface area contributed by atoms with E-state index in [2.05, 4.69) is 11.9 Å². The first-order valence-corrected chi connectivity index (χ1v) is 5.86. The van der Waals surface area contributed by atoms with Crippen molar-refractivity contribution in [1.82, 2.24) is 9.80 Å². The smallest absolute Gasteiger partial charge is 0.409 e. The number of nitrogens with zero attached hydrogens (tertiary/aromatic N) is 2. The Morgan fingerprint density at radius 1 is 1.33 bits per heavy atom. The first-order valence-electron chi connectivity index (χ1n) is 5.86. The molecule has 2 saturated heterocycles. The zero-order chi connectivity index (χ0) is 10.7. The molecule has 2 rings (SSSR count). The van der Waals surface area contributed by atoms with Gasteiger partial charge in [-0.25, -0.2) is 4.79 Å². The third-order valence-electron chi connectivity index (χ3n) is 3.49. The highest BCUT2D eigenvalue weighted by Crippen LogP contribution is 2.20. The molecular formula is C11H20N2O2. The van der Waals surface area contributed by atoms with Gasteiger partial charge in [0.15, 0.2) is 0 Å². The van der Waals surface area contributed by atoms with Crippen molar-refractivity contribution in [3.63, 3.8) is 0 Å². The van der Waals surface area contributed by atoms with Gasteiger partial charge in [0, 0.05) is 6.54 Å². The van der Waals surface area contributed by atoms with Gasteiger partial charge in [-0.1, -0.05) is 0 Å². The summed E-state index contributed by atoms with van der Waals surface area (Å²) in [7, 11) is 2.17. The summed E-state index contributed by atoms with van der Waals surface area (Å²) in [6.07, 6.45) is 3.57. The van der Waals surface area contributed by atoms with Crippen LogP contribution in [0.3, 0.4) is 0 Å². The van der Waals surface area contributed by atoms with Crippen LogP contribution in [-0.2, 0) is 4.74 Å². The quantitative estimate of drug-likeness (QED) is 0.704. The lowest BCUT2D eigenvalue weighted by atomic mass is 9.94. The Hall–Kier alpha value is -0.770. The molecular weight excluding hydrogens is 192 g/mol. The van der Waals surface area contributed by atoms with Crippen molar-refractivity contribution in [2.24, 2.45) is 5.92 Å². The number of cyclic esters (lactones) is 1. The van der Waals surface area contributed by atoms with Gasteiger partial charge in [-0.3, -0.25) is 0 Å². The van der Waals surface area contributed by atoms with Crippen LogP contribution < -0.4 is 0 Å². The largest absolute Gasteiger partial charge is 0.448 e. The van der Waals surface area contributed by atoms with Crippen molar-refractivity contribution < 1.29 is 9.53 Å². The number of amides is 1. The molecule has 86 valence electrons. The molecule has 0 N–H and O–H groups in total. The Morgan fingerprint density at radius 3 is 2.67 bits per heavy atom. The highest BCUT2D eigenvalue weighted by Gasteiger charge is 2.23. The predicted molar refractivity (Wildman–Crippen MR) is 57.8 cm³/mol. The van der Waals surface area contributed by atoms with E-state index in [0.29, 0.717) is 6.61 Å². The van der Waals surface area contributed by atoms with Crippen molar-refractivity contribution in [3.05, 3.63) is 0 Å². The number of ether oxygens (including phenoxy) is 1. The maximum atomic E-state index is 11.2. The van der Waals surface area contributed by atoms with Crippen molar-refractivity contribution in [2.45, 2.75) is 19.3 Å². The minimum atomic E-state index is -0.122. The maximum Gasteiger partial charge on any atom is 0.409 e. The highest BCUT2D eigenvalue weighted by atomic mass is 16.6. The topological polar surface area (TPSA) is 32.8 Å². The molecule has 0 aromatic carbocycles. The average molecular weight is 212 g/mol. The molecule has 2 fully saturated rings. The van der Waals surface area contributed by atoms with Crippen LogP contribution >= 0.6 is 0 Å². The van der Waals surface area contributed by atoms with Crippen LogP contribution in [0.5, 0.6) is 0 Å². The minimum Gasteiger partial charge on any atom is -0.448 e. The Labute approximate surface area is 91.2 Å². The fraction of sp³-hybridized carbons (Fsp3) is 0.909. The highest BCUT2D eigenvalue weighted by molar-refractivity contribution is 5.69. The summed E-state index contributed by atoms with van der Waals surface area (Å²) in [5, 5.41) is 0. The Balaban J connectivity index is 1.67. The number of rotatable bonds is 3. The van der Waals surface area contributed by atoms with Crippen LogP contribution in [0.15, 0.2) is 0 Å². The van der Waals surface area contributed by atoms with Crippen molar-refractivity contribution >= 4 is 6.09 Å². The van der Waals surface area contributed by atoms with Crippen LogP contribution in [0.1, 0.15) is 19.3 Å². The fourth-order valence-electron chi connectivity index (χ4n) is 2.32. The predicted octanol–water partition coefficient (Wildman–Crippen LogP) is 1.17. The standard InChI is InChI=1S/C11H20N2O2/c1-12-5-2-10(3-6-12)4-7-13-8-9-15-11(13)14/h10H,2-9H2,1H3. The van der Waals surface area contributed by atoms with Crippen molar-refractivity contribution in [2.75, 3.05) is 39.8 Å². The van der Waals surface area contributed by atoms with Gasteiger partial charge in [-0.15, -0.1) is 0 Å². The van der Waals surface area contributed by atoms with Gasteiger partial charge in [0.05, 0.1) is 6.54 Å². The molecule has 0 radical (unpaired) electrons. The van der Waals surface area contributed by atoms with E-state index in [1.807, 2.05) is 4.90 Å². The molecule has 2 aliphatic heterocycles. The number of hydrogen-bond acceptors (Lipinski definition) is 3. The van der Waals surface area contributed by atoms with Gasteiger partial charge in [0.25, 0.3) is 0 Å². The van der Waals surface area contributed by atoms with Gasteiger partial charge in [0.2, 0.25) is 0 Å². The van der Waals surface area contributed by atoms with Gasteiger partial charge in [0.1, 0.15) is 6.61 Å². The molecule has 4 heteroatoms. The summed E-state index contributed by atoms with van der Waals surface area (Å²) in [5.74, 6) is 0.801. The van der Waals surface area contributed by atoms with E-state index in [1.165, 1.54) is 25.9 Å². The molecule has 1 amide bonds. The van der Waals surface area contributed by atoms with Crippen LogP contribution in [-0.4, -0.2) is 55.7 Å². The summed E-state index contributed by atoms with van der Waals surface area (Å²) >= 11 is 0. The number of carbonyl (C=O) groups excluding carboxylic acids is 1. The average Bonchev–Trinajstić information content (AvgIpc) is 2.63. The van der Waals surface area contributed by atoms with Crippen LogP contribution in [0, 0.1) is 5.92 Å². The van der Waals surface area contributed by atoms with Crippen LogP contribution in [0.2, 0.25) is 0 Å². The third kappa shape index (κ3) is 2.84. The molecule has 0 aliphatic carbocycles. The molecule has 0 aromatic rings. The van der Waals surface area contributed by atoms with Crippen molar-refractivity contribution in [1.29, 1.82) is 0 Å². The van der Waals surface area contributed by atoms with E-state index in [0.717, 1.165) is 25.4 Å². The summed E-state index contributed by atoms with van der Waals surface area (Å²) in [5.41, 5.74) is 0. The monoisotopic (exact) mass is 212 g/mol. The molecule has 0 atom stereocenters. The maximum absolute atomic E-state index is 11.2. The Morgan fingerprint density at radius 2 is 2.07 bits per heavy atom. The van der Waals surface area contributed by atoms with E-state index >= 15 is 0 Å². The second-order valence-electron chi connectivity index (χ2n) is 4.64. The van der Waals surface area contributed by atoms with Gasteiger partial charge >= 0.3 is 6.09 Å². The molecule has 15 heavy (non-hydrogen) atoms. The third-order valence-corrected chi connectivity index (χ3v) is 3.49. The van der Waals surface area contributed by atoms with Crippen LogP contribution in [0.25, 0.3) is 0 Å². The first-order chi connectivity index (χ1) is 7.25. The molecule has 0 aromatic heterocycles. The SMILES string of the molecule is CN1CCC(CCN2CCOC2=O)CC1. The van der Waals surface area contributed by atoms with Crippen LogP contribution in [0.4, 0.5) is 4.79 Å². The second kappa shape index (κ2) is 4.84. The zero-order valence-corrected chi connectivity index (χ0v) is 9.45. The number of piperidine rings is 1. The zero-order valence-electron chi connectivity index (χ0n) is 9.45. The summed E-state index contributed by atoms with van der Waals surface area (Å²) in [6, 6.07) is 0. The first kappa shape index (κ1) is 10.7. The lowest BCUT2D eigenvalue weighted by Gasteiger charge is -2.29. The van der Waals surface area contributed by atoms with Gasteiger partial charge in [-0.2, -0.15) is 0 Å². The lowest BCUT2D eigenvalue weighted by Crippen LogP contribution is -2.33. The molecule has 4 nitrogen and oxygen atoms in total. The fourth-order valence-corrected chi connectivity index (χ4v) is 2.32. The van der Waals surface area contributed by atoms with E-state index in [1.54, 1.807) is 0 Å². The van der Waals surface area contributed by atoms with Crippen molar-refractivity contribution in [3.8, 4) is 0 Å². The summed E-state index contributed by atoms with van der Waals surface area (Å²) in [4.78, 5) is 15.4. The molecule has 2 heterocycles. The number of carbonyl (C=O) groups is 1. The number of likely N-dealkylation sites (tertiary alicyclic amines) is 1. The minimum absolute atomic E-state index is 0.122. The second-order valence-corrected chi connectivity index (χ2v) is 4.64. The van der Waals surface area contributed by atoms with Gasteiger partial charge < -0.3 is 14.5 Å². The lowest BCUT2D eigenvalue weighted by molar-refractivity contribution is 0.153.